The van der Waals surface area contributed by atoms with E-state index in [0.717, 1.165) is 37.0 Å². The monoisotopic (exact) mass is 456 g/mol. The molecule has 0 aliphatic heterocycles. The number of hydrogen-bond acceptors (Lipinski definition) is 1. The minimum Gasteiger partial charge on any atom is -0.403 e. The maximum atomic E-state index is 14.2. The second kappa shape index (κ2) is 9.98. The van der Waals surface area contributed by atoms with Crippen LogP contribution < -0.4 is 4.74 Å². The summed E-state index contributed by atoms with van der Waals surface area (Å²) in [5.74, 6) is -1.85. The number of fused-ring (bicyclic) bond motifs is 3. The minimum absolute atomic E-state index is 0.522. The molecule has 0 spiro atoms. The van der Waals surface area contributed by atoms with Gasteiger partial charge in [0.25, 0.3) is 0 Å². The summed E-state index contributed by atoms with van der Waals surface area (Å²) in [6.07, 6.45) is 4.39. The zero-order valence-electron chi connectivity index (χ0n) is 18.8. The van der Waals surface area contributed by atoms with Gasteiger partial charge in [0.05, 0.1) is 0 Å². The van der Waals surface area contributed by atoms with Crippen LogP contribution in [0.4, 0.5) is 17.6 Å². The van der Waals surface area contributed by atoms with Crippen LogP contribution in [0.5, 0.6) is 5.75 Å². The van der Waals surface area contributed by atoms with E-state index < -0.39 is 17.9 Å². The zero-order valence-corrected chi connectivity index (χ0v) is 18.8. The van der Waals surface area contributed by atoms with Gasteiger partial charge in [-0.05, 0) is 76.8 Å². The normalized spacial score (nSPS) is 12.9. The molecular weight excluding hydrogens is 428 g/mol. The smallest absolute Gasteiger partial charge is 0.403 e. The maximum absolute atomic E-state index is 14.2. The van der Waals surface area contributed by atoms with Crippen molar-refractivity contribution >= 4 is 0 Å². The SMILES string of the molecule is CCCCCCCc1ccc2c(c1)CCc1cc(-c3ccc(OC(F)(F)F)c(F)c3)ccc1-2. The van der Waals surface area contributed by atoms with Crippen molar-refractivity contribution in [3.63, 3.8) is 0 Å². The van der Waals surface area contributed by atoms with Crippen LogP contribution in [0.2, 0.25) is 0 Å². The number of hydrogen-bond donors (Lipinski definition) is 0. The molecule has 0 saturated heterocycles. The molecule has 0 radical (unpaired) electrons. The molecule has 174 valence electrons. The number of ether oxygens (including phenoxy) is 1. The second-order valence-corrected chi connectivity index (χ2v) is 8.72. The molecule has 0 N–H and O–H groups in total. The van der Waals surface area contributed by atoms with Crippen molar-refractivity contribution in [3.8, 4) is 28.0 Å². The lowest BCUT2D eigenvalue weighted by atomic mass is 9.83. The Labute approximate surface area is 192 Å². The van der Waals surface area contributed by atoms with E-state index >= 15 is 0 Å². The molecule has 1 aliphatic rings. The lowest BCUT2D eigenvalue weighted by Gasteiger charge is -2.22. The first-order chi connectivity index (χ1) is 15.8. The summed E-state index contributed by atoms with van der Waals surface area (Å²) in [5.41, 5.74) is 7.63. The van der Waals surface area contributed by atoms with Crippen LogP contribution in [0.3, 0.4) is 0 Å². The molecule has 0 atom stereocenters. The Bertz CT molecular complexity index is 1120. The molecule has 0 amide bonds. The van der Waals surface area contributed by atoms with Crippen molar-refractivity contribution in [1.82, 2.24) is 0 Å². The summed E-state index contributed by atoms with van der Waals surface area (Å²) >= 11 is 0. The van der Waals surface area contributed by atoms with E-state index in [1.165, 1.54) is 66.0 Å². The van der Waals surface area contributed by atoms with E-state index in [4.69, 9.17) is 0 Å². The highest BCUT2D eigenvalue weighted by molar-refractivity contribution is 5.77. The van der Waals surface area contributed by atoms with Crippen LogP contribution in [0, 0.1) is 5.82 Å². The van der Waals surface area contributed by atoms with Crippen molar-refractivity contribution < 1.29 is 22.3 Å². The van der Waals surface area contributed by atoms with Crippen molar-refractivity contribution in [1.29, 1.82) is 0 Å². The van der Waals surface area contributed by atoms with Crippen molar-refractivity contribution in [2.45, 2.75) is 64.7 Å². The third-order valence-electron chi connectivity index (χ3n) is 6.29. The first kappa shape index (κ1) is 23.3. The largest absolute Gasteiger partial charge is 0.573 e. The number of unbranched alkanes of at least 4 members (excludes halogenated alkanes) is 4. The second-order valence-electron chi connectivity index (χ2n) is 8.72. The van der Waals surface area contributed by atoms with Gasteiger partial charge in [0.2, 0.25) is 0 Å². The van der Waals surface area contributed by atoms with E-state index in [2.05, 4.69) is 29.9 Å². The van der Waals surface area contributed by atoms with Crippen LogP contribution in [-0.2, 0) is 19.3 Å². The number of alkyl halides is 3. The molecule has 0 heterocycles. The summed E-state index contributed by atoms with van der Waals surface area (Å²) < 4.78 is 55.1. The van der Waals surface area contributed by atoms with Gasteiger partial charge < -0.3 is 4.74 Å². The third kappa shape index (κ3) is 5.76. The van der Waals surface area contributed by atoms with Gasteiger partial charge in [0.1, 0.15) is 0 Å². The summed E-state index contributed by atoms with van der Waals surface area (Å²) in [7, 11) is 0. The predicted molar refractivity (Wildman–Crippen MR) is 124 cm³/mol. The van der Waals surface area contributed by atoms with Crippen molar-refractivity contribution in [2.75, 3.05) is 0 Å². The van der Waals surface area contributed by atoms with E-state index in [0.29, 0.717) is 5.56 Å². The summed E-state index contributed by atoms with van der Waals surface area (Å²) in [6, 6.07) is 16.3. The van der Waals surface area contributed by atoms with Crippen LogP contribution >= 0.6 is 0 Å². The van der Waals surface area contributed by atoms with Gasteiger partial charge >= 0.3 is 6.36 Å². The molecule has 1 aliphatic carbocycles. The lowest BCUT2D eigenvalue weighted by Crippen LogP contribution is -2.17. The van der Waals surface area contributed by atoms with Crippen LogP contribution in [0.1, 0.15) is 55.7 Å². The van der Waals surface area contributed by atoms with Gasteiger partial charge in [-0.3, -0.25) is 0 Å². The molecule has 3 aromatic carbocycles. The van der Waals surface area contributed by atoms with Gasteiger partial charge in [-0.1, -0.05) is 75.1 Å². The fourth-order valence-electron chi connectivity index (χ4n) is 4.60. The van der Waals surface area contributed by atoms with Crippen LogP contribution in [0.25, 0.3) is 22.3 Å². The highest BCUT2D eigenvalue weighted by Gasteiger charge is 2.32. The number of halogens is 4. The van der Waals surface area contributed by atoms with Gasteiger partial charge in [0.15, 0.2) is 11.6 Å². The Hall–Kier alpha value is -2.82. The Morgan fingerprint density at radius 2 is 1.39 bits per heavy atom. The predicted octanol–water partition coefficient (Wildman–Crippen LogP) is 8.67. The number of aryl methyl sites for hydroxylation is 3. The van der Waals surface area contributed by atoms with E-state index in [1.807, 2.05) is 18.2 Å². The Kier molecular flexibility index (Phi) is 7.06. The molecule has 3 aromatic rings. The van der Waals surface area contributed by atoms with Crippen molar-refractivity contribution in [2.24, 2.45) is 0 Å². The molecule has 4 rings (SSSR count). The Morgan fingerprint density at radius 1 is 0.758 bits per heavy atom. The van der Waals surface area contributed by atoms with Gasteiger partial charge in [-0.15, -0.1) is 13.2 Å². The van der Waals surface area contributed by atoms with Crippen LogP contribution in [0.15, 0.2) is 54.6 Å². The Balaban J connectivity index is 1.51. The fraction of sp³-hybridized carbons (Fsp3) is 0.357. The van der Waals surface area contributed by atoms with E-state index in [1.54, 1.807) is 0 Å². The maximum Gasteiger partial charge on any atom is 0.573 e. The molecule has 0 aromatic heterocycles. The molecule has 0 bridgehead atoms. The first-order valence-electron chi connectivity index (χ1n) is 11.6. The quantitative estimate of drug-likeness (QED) is 0.243. The van der Waals surface area contributed by atoms with Gasteiger partial charge in [-0.2, -0.15) is 0 Å². The first-order valence-corrected chi connectivity index (χ1v) is 11.6. The van der Waals surface area contributed by atoms with Crippen molar-refractivity contribution in [3.05, 3.63) is 77.1 Å². The molecule has 33 heavy (non-hydrogen) atoms. The minimum atomic E-state index is -4.92. The average Bonchev–Trinajstić information content (AvgIpc) is 2.79. The highest BCUT2D eigenvalue weighted by Crippen LogP contribution is 2.37. The van der Waals surface area contributed by atoms with Gasteiger partial charge in [0, 0.05) is 0 Å². The van der Waals surface area contributed by atoms with Gasteiger partial charge in [-0.25, -0.2) is 4.39 Å². The lowest BCUT2D eigenvalue weighted by molar-refractivity contribution is -0.275. The summed E-state index contributed by atoms with van der Waals surface area (Å²) in [5, 5.41) is 0. The highest BCUT2D eigenvalue weighted by atomic mass is 19.4. The molecule has 0 saturated carbocycles. The molecule has 0 fully saturated rings. The van der Waals surface area contributed by atoms with E-state index in [-0.39, 0.29) is 0 Å². The molecule has 1 nitrogen and oxygen atoms in total. The molecule has 0 unspecified atom stereocenters. The number of benzene rings is 3. The topological polar surface area (TPSA) is 9.23 Å². The number of rotatable bonds is 8. The Morgan fingerprint density at radius 3 is 2.09 bits per heavy atom. The fourth-order valence-corrected chi connectivity index (χ4v) is 4.60. The van der Waals surface area contributed by atoms with E-state index in [9.17, 15) is 17.6 Å². The molecular formula is C28H28F4O. The standard InChI is InChI=1S/C28H28F4O/c1-2-3-4-5-6-7-19-8-13-24-22(16-19)9-10-23-17-20(11-14-25(23)24)21-12-15-27(26(29)18-21)33-28(30,31)32/h8,11-18H,2-7,9-10H2,1H3. The molecule has 5 heteroatoms. The average molecular weight is 457 g/mol. The summed E-state index contributed by atoms with van der Waals surface area (Å²) in [6.45, 7) is 2.23. The summed E-state index contributed by atoms with van der Waals surface area (Å²) in [4.78, 5) is 0. The zero-order chi connectivity index (χ0) is 23.4. The third-order valence-corrected chi connectivity index (χ3v) is 6.29. The van der Waals surface area contributed by atoms with Crippen LogP contribution in [-0.4, -0.2) is 6.36 Å².